The molecule has 108 valence electrons. The molecule has 0 aromatic carbocycles. The zero-order valence-corrected chi connectivity index (χ0v) is 13.5. The summed E-state index contributed by atoms with van der Waals surface area (Å²) in [6, 6.07) is 10.2. The van der Waals surface area contributed by atoms with Gasteiger partial charge in [0.1, 0.15) is 5.65 Å². The maximum absolute atomic E-state index is 4.74. The molecule has 3 heterocycles. The maximum atomic E-state index is 4.74. The van der Waals surface area contributed by atoms with E-state index in [0.29, 0.717) is 0 Å². The Labute approximate surface area is 132 Å². The van der Waals surface area contributed by atoms with Gasteiger partial charge in [-0.2, -0.15) is 0 Å². The fourth-order valence-electron chi connectivity index (χ4n) is 2.42. The molecule has 0 spiro atoms. The molecule has 0 unspecified atom stereocenters. The molecule has 0 aliphatic carbocycles. The van der Waals surface area contributed by atoms with Crippen molar-refractivity contribution < 1.29 is 0 Å². The van der Waals surface area contributed by atoms with Gasteiger partial charge in [0.2, 0.25) is 0 Å². The number of aromatic nitrogens is 3. The third kappa shape index (κ3) is 2.93. The monoisotopic (exact) mass is 344 g/mol. The summed E-state index contributed by atoms with van der Waals surface area (Å²) in [5, 5.41) is 0.785. The standard InChI is InChI=1S/C16H17BrN4/c1-20(11-7-13-5-8-18-9-6-13)16-14(12-17)21-10-3-2-4-15(21)19-16/h2-6,8-10H,7,11-12H2,1H3. The summed E-state index contributed by atoms with van der Waals surface area (Å²) < 4.78 is 2.13. The molecule has 3 rings (SSSR count). The summed E-state index contributed by atoms with van der Waals surface area (Å²) in [5.74, 6) is 1.03. The average molecular weight is 345 g/mol. The van der Waals surface area contributed by atoms with Gasteiger partial charge in [-0.3, -0.25) is 4.98 Å². The summed E-state index contributed by atoms with van der Waals surface area (Å²) in [6.45, 7) is 0.924. The normalized spacial score (nSPS) is 11.0. The number of alkyl halides is 1. The Balaban J connectivity index is 1.82. The van der Waals surface area contributed by atoms with Gasteiger partial charge in [0.25, 0.3) is 0 Å². The first-order valence-electron chi connectivity index (χ1n) is 6.91. The summed E-state index contributed by atoms with van der Waals surface area (Å²) in [7, 11) is 2.09. The van der Waals surface area contributed by atoms with Crippen molar-refractivity contribution in [1.82, 2.24) is 14.4 Å². The lowest BCUT2D eigenvalue weighted by Crippen LogP contribution is -2.21. The number of hydrogen-bond donors (Lipinski definition) is 0. The van der Waals surface area contributed by atoms with Crippen molar-refractivity contribution in [1.29, 1.82) is 0 Å². The van der Waals surface area contributed by atoms with Crippen LogP contribution in [0.4, 0.5) is 5.82 Å². The number of pyridine rings is 2. The maximum Gasteiger partial charge on any atom is 0.151 e. The average Bonchev–Trinajstić information content (AvgIpc) is 2.92. The van der Waals surface area contributed by atoms with Crippen molar-refractivity contribution in [2.24, 2.45) is 0 Å². The number of imidazole rings is 1. The second kappa shape index (κ2) is 6.26. The van der Waals surface area contributed by atoms with Crippen LogP contribution in [0.15, 0.2) is 48.9 Å². The molecule has 0 bridgehead atoms. The van der Waals surface area contributed by atoms with Crippen molar-refractivity contribution in [2.75, 3.05) is 18.5 Å². The molecule has 3 aromatic rings. The molecule has 0 atom stereocenters. The number of hydrogen-bond acceptors (Lipinski definition) is 3. The third-order valence-corrected chi connectivity index (χ3v) is 4.11. The number of nitrogens with zero attached hydrogens (tertiary/aromatic N) is 4. The fourth-order valence-corrected chi connectivity index (χ4v) is 2.94. The highest BCUT2D eigenvalue weighted by atomic mass is 79.9. The van der Waals surface area contributed by atoms with Gasteiger partial charge < -0.3 is 9.30 Å². The predicted molar refractivity (Wildman–Crippen MR) is 89.0 cm³/mol. The zero-order chi connectivity index (χ0) is 14.7. The lowest BCUT2D eigenvalue weighted by Gasteiger charge is -2.17. The van der Waals surface area contributed by atoms with E-state index in [2.05, 4.69) is 55.6 Å². The van der Waals surface area contributed by atoms with E-state index in [0.717, 1.165) is 29.8 Å². The smallest absolute Gasteiger partial charge is 0.151 e. The van der Waals surface area contributed by atoms with Crippen molar-refractivity contribution in [3.63, 3.8) is 0 Å². The first-order valence-corrected chi connectivity index (χ1v) is 8.03. The molecule has 0 saturated heterocycles. The molecule has 0 aliphatic rings. The molecular formula is C16H17BrN4. The van der Waals surface area contributed by atoms with E-state index in [4.69, 9.17) is 4.98 Å². The van der Waals surface area contributed by atoms with Crippen LogP contribution >= 0.6 is 15.9 Å². The second-order valence-corrected chi connectivity index (χ2v) is 5.53. The molecule has 21 heavy (non-hydrogen) atoms. The Kier molecular flexibility index (Phi) is 4.20. The van der Waals surface area contributed by atoms with E-state index in [1.165, 1.54) is 11.3 Å². The van der Waals surface area contributed by atoms with Crippen LogP contribution in [0.1, 0.15) is 11.3 Å². The van der Waals surface area contributed by atoms with Crippen LogP contribution < -0.4 is 4.90 Å². The molecule has 4 nitrogen and oxygen atoms in total. The Morgan fingerprint density at radius 3 is 2.76 bits per heavy atom. The summed E-state index contributed by atoms with van der Waals surface area (Å²) >= 11 is 3.58. The predicted octanol–water partition coefficient (Wildman–Crippen LogP) is 3.30. The quantitative estimate of drug-likeness (QED) is 0.666. The Morgan fingerprint density at radius 2 is 2.00 bits per heavy atom. The number of rotatable bonds is 5. The van der Waals surface area contributed by atoms with Crippen LogP contribution in [0, 0.1) is 0 Å². The van der Waals surface area contributed by atoms with Crippen LogP contribution in [0.2, 0.25) is 0 Å². The summed E-state index contributed by atoms with van der Waals surface area (Å²) in [6.07, 6.45) is 6.71. The Morgan fingerprint density at radius 1 is 1.19 bits per heavy atom. The van der Waals surface area contributed by atoms with Crippen molar-refractivity contribution in [3.8, 4) is 0 Å². The molecule has 0 amide bonds. The number of anilines is 1. The number of fused-ring (bicyclic) bond motifs is 1. The van der Waals surface area contributed by atoms with E-state index >= 15 is 0 Å². The van der Waals surface area contributed by atoms with Crippen LogP contribution in [0.3, 0.4) is 0 Å². The molecular weight excluding hydrogens is 328 g/mol. The Bertz CT molecular complexity index is 723. The minimum atomic E-state index is 0.785. The van der Waals surface area contributed by atoms with E-state index < -0.39 is 0 Å². The molecule has 0 radical (unpaired) electrons. The van der Waals surface area contributed by atoms with Crippen molar-refractivity contribution in [2.45, 2.75) is 11.8 Å². The van der Waals surface area contributed by atoms with Crippen LogP contribution in [0.25, 0.3) is 5.65 Å². The SMILES string of the molecule is CN(CCc1ccncc1)c1nc2ccccn2c1CBr. The molecule has 0 N–H and O–H groups in total. The number of halogens is 1. The lowest BCUT2D eigenvalue weighted by molar-refractivity contribution is 0.857. The summed E-state index contributed by atoms with van der Waals surface area (Å²) in [4.78, 5) is 11.0. The Hall–Kier alpha value is -1.88. The van der Waals surface area contributed by atoms with Crippen molar-refractivity contribution in [3.05, 3.63) is 60.2 Å². The first kappa shape index (κ1) is 14.1. The second-order valence-electron chi connectivity index (χ2n) is 4.97. The zero-order valence-electron chi connectivity index (χ0n) is 11.9. The van der Waals surface area contributed by atoms with E-state index in [1.54, 1.807) is 0 Å². The molecule has 5 heteroatoms. The summed E-state index contributed by atoms with van der Waals surface area (Å²) in [5.41, 5.74) is 3.46. The van der Waals surface area contributed by atoms with Crippen LogP contribution in [-0.2, 0) is 11.8 Å². The minimum Gasteiger partial charge on any atom is -0.358 e. The number of likely N-dealkylation sites (N-methyl/N-ethyl adjacent to an activating group) is 1. The highest BCUT2D eigenvalue weighted by Crippen LogP contribution is 2.23. The van der Waals surface area contributed by atoms with Gasteiger partial charge in [-0.1, -0.05) is 22.0 Å². The lowest BCUT2D eigenvalue weighted by atomic mass is 10.2. The topological polar surface area (TPSA) is 33.4 Å². The van der Waals surface area contributed by atoms with Gasteiger partial charge in [-0.25, -0.2) is 4.98 Å². The van der Waals surface area contributed by atoms with Gasteiger partial charge in [0, 0.05) is 37.5 Å². The van der Waals surface area contributed by atoms with Gasteiger partial charge >= 0.3 is 0 Å². The van der Waals surface area contributed by atoms with Crippen LogP contribution in [0.5, 0.6) is 0 Å². The van der Waals surface area contributed by atoms with Crippen molar-refractivity contribution >= 4 is 27.4 Å². The van der Waals surface area contributed by atoms with Gasteiger partial charge in [0.05, 0.1) is 5.69 Å². The highest BCUT2D eigenvalue weighted by molar-refractivity contribution is 9.08. The van der Waals surface area contributed by atoms with E-state index in [1.807, 2.05) is 30.6 Å². The third-order valence-electron chi connectivity index (χ3n) is 3.58. The van der Waals surface area contributed by atoms with E-state index in [-0.39, 0.29) is 0 Å². The van der Waals surface area contributed by atoms with E-state index in [9.17, 15) is 0 Å². The van der Waals surface area contributed by atoms with Crippen LogP contribution in [-0.4, -0.2) is 28.0 Å². The van der Waals surface area contributed by atoms with Gasteiger partial charge in [-0.05, 0) is 36.2 Å². The molecule has 0 aliphatic heterocycles. The van der Waals surface area contributed by atoms with Gasteiger partial charge in [0.15, 0.2) is 5.82 Å². The molecule has 0 saturated carbocycles. The molecule has 0 fully saturated rings. The molecule has 3 aromatic heterocycles. The van der Waals surface area contributed by atoms with Gasteiger partial charge in [-0.15, -0.1) is 0 Å². The first-order chi connectivity index (χ1) is 10.3. The highest BCUT2D eigenvalue weighted by Gasteiger charge is 2.14. The minimum absolute atomic E-state index is 0.785. The largest absolute Gasteiger partial charge is 0.358 e. The fraction of sp³-hybridized carbons (Fsp3) is 0.250.